The fourth-order valence-corrected chi connectivity index (χ4v) is 0.976. The van der Waals surface area contributed by atoms with E-state index >= 15 is 0 Å². The van der Waals surface area contributed by atoms with Gasteiger partial charge in [-0.1, -0.05) is 18.2 Å². The molecule has 0 atom stereocenters. The minimum absolute atomic E-state index is 0.167. The van der Waals surface area contributed by atoms with Crippen LogP contribution in [-0.4, -0.2) is 6.54 Å². The molecule has 0 unspecified atom stereocenters. The van der Waals surface area contributed by atoms with Crippen LogP contribution < -0.4 is 5.73 Å². The number of aryl methyl sites for hydroxylation is 1. The highest BCUT2D eigenvalue weighted by Gasteiger charge is 1.95. The van der Waals surface area contributed by atoms with Crippen LogP contribution in [0.5, 0.6) is 0 Å². The molecule has 0 aliphatic heterocycles. The molecule has 12 heavy (non-hydrogen) atoms. The van der Waals surface area contributed by atoms with Crippen molar-refractivity contribution >= 4 is 6.08 Å². The number of benzene rings is 1. The predicted molar refractivity (Wildman–Crippen MR) is 49.2 cm³/mol. The smallest absolute Gasteiger partial charge is 0.126 e. The molecule has 1 rings (SSSR count). The quantitative estimate of drug-likeness (QED) is 0.713. The van der Waals surface area contributed by atoms with Crippen molar-refractivity contribution < 1.29 is 4.39 Å². The molecule has 1 aromatic carbocycles. The van der Waals surface area contributed by atoms with E-state index in [0.29, 0.717) is 12.1 Å². The lowest BCUT2D eigenvalue weighted by atomic mass is 10.1. The van der Waals surface area contributed by atoms with Crippen molar-refractivity contribution in [2.45, 2.75) is 6.92 Å². The molecular weight excluding hydrogens is 153 g/mol. The number of hydrogen-bond acceptors (Lipinski definition) is 1. The first-order valence-corrected chi connectivity index (χ1v) is 3.87. The number of rotatable bonds is 2. The normalized spacial score (nSPS) is 10.9. The average molecular weight is 165 g/mol. The fraction of sp³-hybridized carbons (Fsp3) is 0.200. The second-order valence-electron chi connectivity index (χ2n) is 2.65. The van der Waals surface area contributed by atoms with E-state index in [1.165, 1.54) is 6.07 Å². The summed E-state index contributed by atoms with van der Waals surface area (Å²) in [6.07, 6.45) is 3.72. The Labute approximate surface area is 71.7 Å². The number of hydrogen-bond donors (Lipinski definition) is 1. The minimum atomic E-state index is -0.167. The molecular formula is C10H12FN. The van der Waals surface area contributed by atoms with E-state index in [9.17, 15) is 4.39 Å². The molecule has 0 fully saturated rings. The first kappa shape index (κ1) is 8.94. The van der Waals surface area contributed by atoms with Crippen molar-refractivity contribution in [1.82, 2.24) is 0 Å². The van der Waals surface area contributed by atoms with Gasteiger partial charge in [-0.15, -0.1) is 0 Å². The molecule has 2 heteroatoms. The molecule has 0 heterocycles. The van der Waals surface area contributed by atoms with Gasteiger partial charge in [0.15, 0.2) is 0 Å². The maximum absolute atomic E-state index is 12.8. The van der Waals surface area contributed by atoms with Crippen molar-refractivity contribution in [3.8, 4) is 0 Å². The SMILES string of the molecule is Cc1cc(C=CCN)ccc1F. The lowest BCUT2D eigenvalue weighted by Crippen LogP contribution is -1.92. The third-order valence-corrected chi connectivity index (χ3v) is 1.63. The average Bonchev–Trinajstić information content (AvgIpc) is 2.07. The van der Waals surface area contributed by atoms with E-state index in [2.05, 4.69) is 0 Å². The van der Waals surface area contributed by atoms with Crippen molar-refractivity contribution in [1.29, 1.82) is 0 Å². The predicted octanol–water partition coefficient (Wildman–Crippen LogP) is 2.11. The van der Waals surface area contributed by atoms with Gasteiger partial charge in [0.25, 0.3) is 0 Å². The van der Waals surface area contributed by atoms with Gasteiger partial charge in [0.1, 0.15) is 5.82 Å². The largest absolute Gasteiger partial charge is 0.327 e. The van der Waals surface area contributed by atoms with Gasteiger partial charge in [-0.3, -0.25) is 0 Å². The summed E-state index contributed by atoms with van der Waals surface area (Å²) < 4.78 is 12.8. The molecule has 0 saturated heterocycles. The summed E-state index contributed by atoms with van der Waals surface area (Å²) in [5.41, 5.74) is 6.93. The Morgan fingerprint density at radius 1 is 1.50 bits per heavy atom. The summed E-state index contributed by atoms with van der Waals surface area (Å²) in [6.45, 7) is 2.26. The summed E-state index contributed by atoms with van der Waals surface area (Å²) in [7, 11) is 0. The number of halogens is 1. The molecule has 0 bridgehead atoms. The number of nitrogens with two attached hydrogens (primary N) is 1. The Balaban J connectivity index is 2.89. The Bertz CT molecular complexity index is 292. The van der Waals surface area contributed by atoms with Gasteiger partial charge in [0.2, 0.25) is 0 Å². The van der Waals surface area contributed by atoms with Crippen molar-refractivity contribution in [2.75, 3.05) is 6.54 Å². The van der Waals surface area contributed by atoms with Crippen LogP contribution in [0.3, 0.4) is 0 Å². The molecule has 64 valence electrons. The van der Waals surface area contributed by atoms with Crippen LogP contribution in [0.15, 0.2) is 24.3 Å². The van der Waals surface area contributed by atoms with Crippen LogP contribution in [0.1, 0.15) is 11.1 Å². The lowest BCUT2D eigenvalue weighted by Gasteiger charge is -1.97. The zero-order valence-electron chi connectivity index (χ0n) is 7.05. The summed E-state index contributed by atoms with van der Waals surface area (Å²) >= 11 is 0. The van der Waals surface area contributed by atoms with Crippen LogP contribution in [0, 0.1) is 12.7 Å². The zero-order chi connectivity index (χ0) is 8.97. The van der Waals surface area contributed by atoms with Crippen LogP contribution in [0.25, 0.3) is 6.08 Å². The third kappa shape index (κ3) is 2.17. The van der Waals surface area contributed by atoms with Crippen molar-refractivity contribution in [3.05, 3.63) is 41.2 Å². The van der Waals surface area contributed by atoms with Crippen molar-refractivity contribution in [2.24, 2.45) is 5.73 Å². The van der Waals surface area contributed by atoms with Crippen LogP contribution in [-0.2, 0) is 0 Å². The van der Waals surface area contributed by atoms with Crippen LogP contribution >= 0.6 is 0 Å². The van der Waals surface area contributed by atoms with Gasteiger partial charge < -0.3 is 5.73 Å². The molecule has 0 radical (unpaired) electrons. The maximum Gasteiger partial charge on any atom is 0.126 e. The highest BCUT2D eigenvalue weighted by Crippen LogP contribution is 2.10. The molecule has 0 aliphatic rings. The molecule has 0 saturated carbocycles. The van der Waals surface area contributed by atoms with E-state index in [0.717, 1.165) is 5.56 Å². The zero-order valence-corrected chi connectivity index (χ0v) is 7.05. The van der Waals surface area contributed by atoms with E-state index < -0.39 is 0 Å². The highest BCUT2D eigenvalue weighted by atomic mass is 19.1. The van der Waals surface area contributed by atoms with Gasteiger partial charge in [-0.25, -0.2) is 4.39 Å². The Morgan fingerprint density at radius 2 is 2.25 bits per heavy atom. The fourth-order valence-electron chi connectivity index (χ4n) is 0.976. The Hall–Kier alpha value is -1.15. The van der Waals surface area contributed by atoms with E-state index in [1.54, 1.807) is 19.1 Å². The Kier molecular flexibility index (Phi) is 3.00. The first-order chi connectivity index (χ1) is 5.74. The molecule has 0 amide bonds. The van der Waals surface area contributed by atoms with Gasteiger partial charge in [0, 0.05) is 6.54 Å². The van der Waals surface area contributed by atoms with E-state index in [1.807, 2.05) is 12.2 Å². The molecule has 0 aliphatic carbocycles. The molecule has 2 N–H and O–H groups in total. The lowest BCUT2D eigenvalue weighted by molar-refractivity contribution is 0.618. The standard InChI is InChI=1S/C10H12FN/c1-8-7-9(3-2-6-12)4-5-10(8)11/h2-5,7H,6,12H2,1H3. The molecule has 0 spiro atoms. The minimum Gasteiger partial charge on any atom is -0.327 e. The monoisotopic (exact) mass is 165 g/mol. The van der Waals surface area contributed by atoms with E-state index in [-0.39, 0.29) is 5.82 Å². The second-order valence-corrected chi connectivity index (χ2v) is 2.65. The van der Waals surface area contributed by atoms with Crippen LogP contribution in [0.2, 0.25) is 0 Å². The Morgan fingerprint density at radius 3 is 2.83 bits per heavy atom. The van der Waals surface area contributed by atoms with Gasteiger partial charge in [-0.05, 0) is 30.2 Å². The van der Waals surface area contributed by atoms with Gasteiger partial charge in [0.05, 0.1) is 0 Å². The molecule has 0 aromatic heterocycles. The molecule has 1 nitrogen and oxygen atoms in total. The van der Waals surface area contributed by atoms with Crippen LogP contribution in [0.4, 0.5) is 4.39 Å². The summed E-state index contributed by atoms with van der Waals surface area (Å²) in [6, 6.07) is 4.99. The first-order valence-electron chi connectivity index (χ1n) is 3.87. The summed E-state index contributed by atoms with van der Waals surface area (Å²) in [5, 5.41) is 0. The summed E-state index contributed by atoms with van der Waals surface area (Å²) in [4.78, 5) is 0. The van der Waals surface area contributed by atoms with Gasteiger partial charge >= 0.3 is 0 Å². The molecule has 1 aromatic rings. The van der Waals surface area contributed by atoms with Gasteiger partial charge in [-0.2, -0.15) is 0 Å². The third-order valence-electron chi connectivity index (χ3n) is 1.63. The van der Waals surface area contributed by atoms with Crippen molar-refractivity contribution in [3.63, 3.8) is 0 Å². The summed E-state index contributed by atoms with van der Waals surface area (Å²) in [5.74, 6) is -0.167. The maximum atomic E-state index is 12.8. The topological polar surface area (TPSA) is 26.0 Å². The second kappa shape index (κ2) is 4.02. The highest BCUT2D eigenvalue weighted by molar-refractivity contribution is 5.50. The van der Waals surface area contributed by atoms with E-state index in [4.69, 9.17) is 5.73 Å².